The Labute approximate surface area is 357 Å². The Balaban J connectivity index is 0.997. The maximum Gasteiger partial charge on any atom is 0.135 e. The van der Waals surface area contributed by atoms with Gasteiger partial charge in [-0.3, -0.25) is 0 Å². The van der Waals surface area contributed by atoms with Gasteiger partial charge in [0, 0.05) is 37.6 Å². The van der Waals surface area contributed by atoms with Gasteiger partial charge in [-0.25, -0.2) is 0 Å². The number of furan rings is 1. The fourth-order valence-corrected chi connectivity index (χ4v) is 10.5. The van der Waals surface area contributed by atoms with Crippen molar-refractivity contribution in [2.24, 2.45) is 0 Å². The van der Waals surface area contributed by atoms with Crippen molar-refractivity contribution in [3.8, 4) is 44.5 Å². The highest BCUT2D eigenvalue weighted by molar-refractivity contribution is 7.27. The van der Waals surface area contributed by atoms with Crippen LogP contribution >= 0.6 is 11.3 Å². The molecule has 0 aliphatic rings. The molecule has 0 saturated heterocycles. The molecule has 2 nitrogen and oxygen atoms in total. The van der Waals surface area contributed by atoms with Crippen LogP contribution in [0.2, 0.25) is 0 Å². The summed E-state index contributed by atoms with van der Waals surface area (Å²) in [5.74, 6) is 0. The second kappa shape index (κ2) is 14.5. The highest BCUT2D eigenvalue weighted by Crippen LogP contribution is 2.48. The Kier molecular flexibility index (Phi) is 8.39. The Morgan fingerprint density at radius 1 is 0.295 bits per heavy atom. The number of thiophene rings is 1. The number of rotatable bonds is 7. The van der Waals surface area contributed by atoms with E-state index in [1.807, 2.05) is 23.5 Å². The Morgan fingerprint density at radius 3 is 1.46 bits per heavy atom. The predicted octanol–water partition coefficient (Wildman–Crippen LogP) is 17.2. The second-order valence-corrected chi connectivity index (χ2v) is 16.6. The van der Waals surface area contributed by atoms with Crippen molar-refractivity contribution >= 4 is 81.3 Å². The van der Waals surface area contributed by atoms with E-state index in [1.54, 1.807) is 0 Å². The van der Waals surface area contributed by atoms with Gasteiger partial charge in [-0.2, -0.15) is 0 Å². The molecule has 0 N–H and O–H groups in total. The van der Waals surface area contributed by atoms with Crippen LogP contribution in [0, 0.1) is 0 Å². The van der Waals surface area contributed by atoms with Crippen LogP contribution in [-0.4, -0.2) is 0 Å². The third-order valence-corrected chi connectivity index (χ3v) is 13.4. The zero-order chi connectivity index (χ0) is 40.3. The topological polar surface area (TPSA) is 16.4 Å². The Hall–Kier alpha value is -7.72. The summed E-state index contributed by atoms with van der Waals surface area (Å²) in [5.41, 5.74) is 14.9. The van der Waals surface area contributed by atoms with Gasteiger partial charge in [0.1, 0.15) is 11.2 Å². The molecule has 0 unspecified atom stereocenters. The van der Waals surface area contributed by atoms with E-state index in [9.17, 15) is 0 Å². The summed E-state index contributed by atoms with van der Waals surface area (Å²) in [5, 5.41) is 7.31. The van der Waals surface area contributed by atoms with Gasteiger partial charge in [-0.05, 0) is 104 Å². The van der Waals surface area contributed by atoms with Gasteiger partial charge >= 0.3 is 0 Å². The first-order valence-electron chi connectivity index (χ1n) is 20.7. The molecule has 12 aromatic rings. The molecule has 2 heterocycles. The molecular weight excluding hydrogens is 759 g/mol. The number of anilines is 3. The molecule has 0 atom stereocenters. The van der Waals surface area contributed by atoms with E-state index in [4.69, 9.17) is 4.42 Å². The van der Waals surface area contributed by atoms with Crippen LogP contribution in [0.5, 0.6) is 0 Å². The van der Waals surface area contributed by atoms with E-state index in [0.29, 0.717) is 0 Å². The molecule has 0 spiro atoms. The van der Waals surface area contributed by atoms with Crippen LogP contribution in [0.1, 0.15) is 0 Å². The first kappa shape index (κ1) is 35.2. The number of fused-ring (bicyclic) bond motifs is 7. The number of nitrogens with zero attached hydrogens (tertiary/aromatic N) is 1. The highest BCUT2D eigenvalue weighted by Gasteiger charge is 2.20. The fourth-order valence-electron chi connectivity index (χ4n) is 9.17. The summed E-state index contributed by atoms with van der Waals surface area (Å²) in [6.45, 7) is 0. The molecule has 2 aromatic heterocycles. The molecule has 286 valence electrons. The molecule has 0 bridgehead atoms. The van der Waals surface area contributed by atoms with Gasteiger partial charge in [0.15, 0.2) is 0 Å². The van der Waals surface area contributed by atoms with E-state index < -0.39 is 0 Å². The number of para-hydroxylation sites is 1. The summed E-state index contributed by atoms with van der Waals surface area (Å²) >= 11 is 1.88. The maximum atomic E-state index is 6.16. The van der Waals surface area contributed by atoms with Crippen molar-refractivity contribution in [3.05, 3.63) is 224 Å². The molecule has 10 aromatic carbocycles. The second-order valence-electron chi connectivity index (χ2n) is 15.6. The van der Waals surface area contributed by atoms with Crippen molar-refractivity contribution in [2.45, 2.75) is 0 Å². The van der Waals surface area contributed by atoms with E-state index in [1.165, 1.54) is 64.3 Å². The lowest BCUT2D eigenvalue weighted by Gasteiger charge is -2.26. The van der Waals surface area contributed by atoms with E-state index in [2.05, 4.69) is 217 Å². The first-order chi connectivity index (χ1) is 30.2. The Bertz CT molecular complexity index is 3570. The summed E-state index contributed by atoms with van der Waals surface area (Å²) in [6.07, 6.45) is 0. The SMILES string of the molecule is c1ccc(-c2ccc(-c3ccc(N(c4ccc(-c5ccc6oc7ccccc7c6c5)cc4)c4cccc5c4sc4c(-c6ccccc6)cccc45)cc3)c3ccccc23)cc1. The summed E-state index contributed by atoms with van der Waals surface area (Å²) in [6, 6.07) is 81.1. The molecule has 0 saturated carbocycles. The number of benzene rings is 10. The van der Waals surface area contributed by atoms with Crippen molar-refractivity contribution in [1.82, 2.24) is 0 Å². The monoisotopic (exact) mass is 795 g/mol. The summed E-state index contributed by atoms with van der Waals surface area (Å²) < 4.78 is 8.72. The molecule has 0 fully saturated rings. The van der Waals surface area contributed by atoms with Crippen molar-refractivity contribution < 1.29 is 4.42 Å². The quantitative estimate of drug-likeness (QED) is 0.160. The molecule has 0 aliphatic carbocycles. The molecular formula is C58H37NOS. The van der Waals surface area contributed by atoms with Crippen LogP contribution in [-0.2, 0) is 0 Å². The fraction of sp³-hybridized carbons (Fsp3) is 0. The average Bonchev–Trinajstić information content (AvgIpc) is 3.91. The molecule has 3 heteroatoms. The average molecular weight is 796 g/mol. The minimum Gasteiger partial charge on any atom is -0.456 e. The largest absolute Gasteiger partial charge is 0.456 e. The molecule has 0 radical (unpaired) electrons. The van der Waals surface area contributed by atoms with Crippen LogP contribution in [0.4, 0.5) is 17.1 Å². The third-order valence-electron chi connectivity index (χ3n) is 12.1. The predicted molar refractivity (Wildman–Crippen MR) is 261 cm³/mol. The van der Waals surface area contributed by atoms with Gasteiger partial charge in [-0.15, -0.1) is 11.3 Å². The van der Waals surface area contributed by atoms with Crippen LogP contribution < -0.4 is 4.90 Å². The molecule has 12 rings (SSSR count). The standard InChI is InChI=1S/C58H37NOS/c1-3-13-39(14-4-1)45-34-35-46(49-18-8-7-17-48(45)49)41-27-32-44(33-28-41)59(43-30-25-38(26-31-43)42-29-36-56-53(37-42)50-19-9-10-24-55(50)60-56)54-23-12-22-52-51-21-11-20-47(57(51)61-58(52)54)40-15-5-2-6-16-40/h1-37H. The summed E-state index contributed by atoms with van der Waals surface area (Å²) in [4.78, 5) is 2.43. The minimum atomic E-state index is 0.906. The van der Waals surface area contributed by atoms with Gasteiger partial charge in [-0.1, -0.05) is 176 Å². The lowest BCUT2D eigenvalue weighted by molar-refractivity contribution is 0.669. The van der Waals surface area contributed by atoms with E-state index in [0.717, 1.165) is 50.1 Å². The molecule has 0 amide bonds. The van der Waals surface area contributed by atoms with Crippen molar-refractivity contribution in [2.75, 3.05) is 4.90 Å². The normalized spacial score (nSPS) is 11.6. The van der Waals surface area contributed by atoms with E-state index >= 15 is 0 Å². The van der Waals surface area contributed by atoms with Gasteiger partial charge < -0.3 is 9.32 Å². The molecule has 0 aliphatic heterocycles. The molecule has 61 heavy (non-hydrogen) atoms. The number of hydrogen-bond donors (Lipinski definition) is 0. The minimum absolute atomic E-state index is 0.906. The lowest BCUT2D eigenvalue weighted by Crippen LogP contribution is -2.10. The van der Waals surface area contributed by atoms with Gasteiger partial charge in [0.2, 0.25) is 0 Å². The number of hydrogen-bond acceptors (Lipinski definition) is 3. The van der Waals surface area contributed by atoms with Gasteiger partial charge in [0.25, 0.3) is 0 Å². The third kappa shape index (κ3) is 6.01. The zero-order valence-electron chi connectivity index (χ0n) is 33.1. The van der Waals surface area contributed by atoms with Gasteiger partial charge in [0.05, 0.1) is 10.4 Å². The summed E-state index contributed by atoms with van der Waals surface area (Å²) in [7, 11) is 0. The van der Waals surface area contributed by atoms with E-state index in [-0.39, 0.29) is 0 Å². The van der Waals surface area contributed by atoms with Crippen molar-refractivity contribution in [1.29, 1.82) is 0 Å². The first-order valence-corrected chi connectivity index (χ1v) is 21.6. The van der Waals surface area contributed by atoms with Crippen LogP contribution in [0.15, 0.2) is 229 Å². The highest BCUT2D eigenvalue weighted by atomic mass is 32.1. The van der Waals surface area contributed by atoms with Crippen molar-refractivity contribution in [3.63, 3.8) is 0 Å². The lowest BCUT2D eigenvalue weighted by atomic mass is 9.92. The van der Waals surface area contributed by atoms with Crippen LogP contribution in [0.25, 0.3) is 97.4 Å². The van der Waals surface area contributed by atoms with Crippen LogP contribution in [0.3, 0.4) is 0 Å². The maximum absolute atomic E-state index is 6.16. The Morgan fingerprint density at radius 2 is 0.787 bits per heavy atom. The smallest absolute Gasteiger partial charge is 0.135 e. The zero-order valence-corrected chi connectivity index (χ0v) is 33.9.